The number of nitrogens with zero attached hydrogens (tertiary/aromatic N) is 1. The summed E-state index contributed by atoms with van der Waals surface area (Å²) in [6.07, 6.45) is 0.861. The molecule has 4 nitrogen and oxygen atoms in total. The van der Waals surface area contributed by atoms with Crippen molar-refractivity contribution in [1.82, 2.24) is 4.90 Å². The smallest absolute Gasteiger partial charge is 0.214 e. The van der Waals surface area contributed by atoms with Crippen molar-refractivity contribution in [1.29, 1.82) is 0 Å². The van der Waals surface area contributed by atoms with Crippen molar-refractivity contribution >= 4 is 12.3 Å². The lowest BCUT2D eigenvalue weighted by molar-refractivity contribution is -0.118. The monoisotopic (exact) mass is 160 g/mol. The van der Waals surface area contributed by atoms with Gasteiger partial charge in [-0.2, -0.15) is 0 Å². The molecule has 0 saturated carbocycles. The molecule has 0 rings (SSSR count). The van der Waals surface area contributed by atoms with Gasteiger partial charge in [0.15, 0.2) is 0 Å². The van der Waals surface area contributed by atoms with Gasteiger partial charge < -0.3 is 10.6 Å². The maximum Gasteiger partial charge on any atom is 0.214 e. The molecule has 0 saturated heterocycles. The number of amides is 2. The Balaban J connectivity index is 0. The van der Waals surface area contributed by atoms with Crippen LogP contribution >= 0.6 is 0 Å². The van der Waals surface area contributed by atoms with Gasteiger partial charge in [-0.25, -0.2) is 0 Å². The molecule has 0 bridgehead atoms. The lowest BCUT2D eigenvalue weighted by atomic mass is 10.6. The molecule has 4 heteroatoms. The zero-order chi connectivity index (χ0) is 9.28. The topological polar surface area (TPSA) is 63.4 Å². The molecule has 0 aliphatic carbocycles. The minimum absolute atomic E-state index is 0.333. The fourth-order valence-electron chi connectivity index (χ4n) is 0.373. The average molecular weight is 160 g/mol. The lowest BCUT2D eigenvalue weighted by Gasteiger charge is -2.08. The number of nitrogens with two attached hydrogens (primary N) is 1. The summed E-state index contributed by atoms with van der Waals surface area (Å²) in [4.78, 5) is 20.8. The molecule has 0 heterocycles. The Kier molecular flexibility index (Phi) is 10.2. The van der Waals surface area contributed by atoms with Crippen molar-refractivity contribution in [3.8, 4) is 0 Å². The number of rotatable bonds is 3. The van der Waals surface area contributed by atoms with Crippen LogP contribution in [-0.2, 0) is 9.59 Å². The van der Waals surface area contributed by atoms with Gasteiger partial charge in [0.25, 0.3) is 0 Å². The van der Waals surface area contributed by atoms with Gasteiger partial charge in [0.1, 0.15) is 0 Å². The zero-order valence-electron chi connectivity index (χ0n) is 7.33. The van der Waals surface area contributed by atoms with Gasteiger partial charge in [-0.3, -0.25) is 9.59 Å². The summed E-state index contributed by atoms with van der Waals surface area (Å²) < 4.78 is 0. The van der Waals surface area contributed by atoms with Gasteiger partial charge in [0, 0.05) is 20.0 Å². The molecular formula is C7H16N2O2. The molecule has 2 amide bonds. The molecule has 0 aliphatic heterocycles. The number of hydrogen-bond acceptors (Lipinski definition) is 2. The van der Waals surface area contributed by atoms with Crippen LogP contribution in [0.4, 0.5) is 0 Å². The van der Waals surface area contributed by atoms with E-state index in [2.05, 4.69) is 5.73 Å². The average Bonchev–Trinajstić information content (AvgIpc) is 1.90. The lowest BCUT2D eigenvalue weighted by Crippen LogP contribution is -2.19. The van der Waals surface area contributed by atoms with E-state index in [1.807, 2.05) is 13.8 Å². The second-order valence-corrected chi connectivity index (χ2v) is 1.94. The van der Waals surface area contributed by atoms with E-state index in [1.54, 1.807) is 4.90 Å². The van der Waals surface area contributed by atoms with E-state index in [0.29, 0.717) is 0 Å². The predicted octanol–water partition coefficient (Wildman–Crippen LogP) is -0.0238. The van der Waals surface area contributed by atoms with Gasteiger partial charge in [0.2, 0.25) is 12.3 Å². The summed E-state index contributed by atoms with van der Waals surface area (Å²) in [7, 11) is 0. The summed E-state index contributed by atoms with van der Waals surface area (Å²) in [6.45, 7) is 6.86. The molecule has 0 aromatic rings. The summed E-state index contributed by atoms with van der Waals surface area (Å²) in [5.74, 6) is -0.333. The molecule has 11 heavy (non-hydrogen) atoms. The number of hydrogen-bond donors (Lipinski definition) is 1. The zero-order valence-corrected chi connectivity index (χ0v) is 7.33. The third kappa shape index (κ3) is 17.6. The fraction of sp³-hybridized carbons (Fsp3) is 0.714. The van der Waals surface area contributed by atoms with Gasteiger partial charge in [-0.15, -0.1) is 0 Å². The van der Waals surface area contributed by atoms with Gasteiger partial charge >= 0.3 is 0 Å². The molecule has 0 spiro atoms. The summed E-state index contributed by atoms with van der Waals surface area (Å²) in [6, 6.07) is 0. The highest BCUT2D eigenvalue weighted by Crippen LogP contribution is 1.75. The van der Waals surface area contributed by atoms with Gasteiger partial charge in [0.05, 0.1) is 0 Å². The van der Waals surface area contributed by atoms with Gasteiger partial charge in [-0.1, -0.05) is 0 Å². The van der Waals surface area contributed by atoms with Crippen LogP contribution in [0.2, 0.25) is 0 Å². The normalized spacial score (nSPS) is 7.55. The highest BCUT2D eigenvalue weighted by Gasteiger charge is 1.87. The second-order valence-electron chi connectivity index (χ2n) is 1.94. The molecular weight excluding hydrogens is 144 g/mol. The van der Waals surface area contributed by atoms with Crippen molar-refractivity contribution in [2.45, 2.75) is 20.8 Å². The predicted molar refractivity (Wildman–Crippen MR) is 43.9 cm³/mol. The van der Waals surface area contributed by atoms with Crippen molar-refractivity contribution < 1.29 is 9.59 Å². The van der Waals surface area contributed by atoms with Gasteiger partial charge in [-0.05, 0) is 13.8 Å². The largest absolute Gasteiger partial charge is 0.370 e. The third-order valence-electron chi connectivity index (χ3n) is 0.961. The van der Waals surface area contributed by atoms with E-state index < -0.39 is 0 Å². The first-order valence-electron chi connectivity index (χ1n) is 3.53. The molecule has 2 N–H and O–H groups in total. The van der Waals surface area contributed by atoms with Crippen LogP contribution in [0.15, 0.2) is 0 Å². The number of carbonyl (C=O) groups is 2. The van der Waals surface area contributed by atoms with E-state index >= 15 is 0 Å². The van der Waals surface area contributed by atoms with Crippen LogP contribution in [0, 0.1) is 0 Å². The molecule has 0 aromatic carbocycles. The Morgan fingerprint density at radius 2 is 1.73 bits per heavy atom. The van der Waals surface area contributed by atoms with Crippen molar-refractivity contribution in [2.75, 3.05) is 13.1 Å². The molecule has 0 unspecified atom stereocenters. The van der Waals surface area contributed by atoms with E-state index in [9.17, 15) is 9.59 Å². The Labute approximate surface area is 67.4 Å². The Hall–Kier alpha value is -1.06. The first kappa shape index (κ1) is 12.6. The highest BCUT2D eigenvalue weighted by atomic mass is 16.1. The van der Waals surface area contributed by atoms with E-state index in [-0.39, 0.29) is 5.91 Å². The van der Waals surface area contributed by atoms with E-state index in [4.69, 9.17) is 0 Å². The highest BCUT2D eigenvalue weighted by molar-refractivity contribution is 5.70. The number of primary amides is 1. The van der Waals surface area contributed by atoms with Crippen LogP contribution in [0.25, 0.3) is 0 Å². The van der Waals surface area contributed by atoms with Crippen LogP contribution < -0.4 is 5.73 Å². The SMILES string of the molecule is CC(N)=O.CCN(C=O)CC. The minimum atomic E-state index is -0.333. The standard InChI is InChI=1S/C5H11NO.C2H5NO/c1-3-6(4-2)5-7;1-2(3)4/h5H,3-4H2,1-2H3;1H3,(H2,3,4). The van der Waals surface area contributed by atoms with Crippen LogP contribution in [0.3, 0.4) is 0 Å². The van der Waals surface area contributed by atoms with Crippen molar-refractivity contribution in [3.63, 3.8) is 0 Å². The summed E-state index contributed by atoms with van der Waals surface area (Å²) in [5, 5.41) is 0. The molecule has 0 fully saturated rings. The second kappa shape index (κ2) is 8.94. The van der Waals surface area contributed by atoms with Crippen LogP contribution in [0.5, 0.6) is 0 Å². The Morgan fingerprint density at radius 3 is 1.73 bits per heavy atom. The first-order valence-corrected chi connectivity index (χ1v) is 3.53. The summed E-state index contributed by atoms with van der Waals surface area (Å²) >= 11 is 0. The Bertz CT molecular complexity index is 107. The molecule has 0 radical (unpaired) electrons. The third-order valence-corrected chi connectivity index (χ3v) is 0.961. The minimum Gasteiger partial charge on any atom is -0.370 e. The van der Waals surface area contributed by atoms with E-state index in [1.165, 1.54) is 6.92 Å². The maximum absolute atomic E-state index is 9.89. The van der Waals surface area contributed by atoms with E-state index in [0.717, 1.165) is 19.5 Å². The maximum atomic E-state index is 9.89. The molecule has 0 atom stereocenters. The number of carbonyl (C=O) groups excluding carboxylic acids is 2. The fourth-order valence-corrected chi connectivity index (χ4v) is 0.373. The van der Waals surface area contributed by atoms with Crippen molar-refractivity contribution in [3.05, 3.63) is 0 Å². The molecule has 66 valence electrons. The molecule has 0 aromatic heterocycles. The van der Waals surface area contributed by atoms with Crippen LogP contribution in [-0.4, -0.2) is 30.3 Å². The Morgan fingerprint density at radius 1 is 1.45 bits per heavy atom. The van der Waals surface area contributed by atoms with Crippen LogP contribution in [0.1, 0.15) is 20.8 Å². The molecule has 0 aliphatic rings. The first-order chi connectivity index (χ1) is 5.08. The summed E-state index contributed by atoms with van der Waals surface area (Å²) in [5.41, 5.74) is 4.47. The van der Waals surface area contributed by atoms with Crippen molar-refractivity contribution in [2.24, 2.45) is 5.73 Å². The quantitative estimate of drug-likeness (QED) is 0.589.